The molecule has 7 heteroatoms. The zero-order chi connectivity index (χ0) is 22.7. The van der Waals surface area contributed by atoms with Crippen molar-refractivity contribution in [1.82, 2.24) is 4.90 Å². The van der Waals surface area contributed by atoms with Crippen LogP contribution in [0.5, 0.6) is 5.75 Å². The van der Waals surface area contributed by atoms with Crippen molar-refractivity contribution in [3.05, 3.63) is 80.1 Å². The van der Waals surface area contributed by atoms with E-state index in [4.69, 9.17) is 16.3 Å². The van der Waals surface area contributed by atoms with Crippen LogP contribution in [0.1, 0.15) is 25.0 Å². The molecular formula is C25H22BrClN2O2S. The van der Waals surface area contributed by atoms with Gasteiger partial charge in [0.15, 0.2) is 10.9 Å². The van der Waals surface area contributed by atoms with Crippen LogP contribution in [0.3, 0.4) is 0 Å². The zero-order valence-electron chi connectivity index (χ0n) is 17.8. The summed E-state index contributed by atoms with van der Waals surface area (Å²) in [6.07, 6.45) is 1.85. The summed E-state index contributed by atoms with van der Waals surface area (Å²) < 4.78 is 6.83. The summed E-state index contributed by atoms with van der Waals surface area (Å²) in [7, 11) is 0. The number of amides is 1. The third kappa shape index (κ3) is 4.72. The van der Waals surface area contributed by atoms with Gasteiger partial charge in [0.2, 0.25) is 0 Å². The first-order valence-electron chi connectivity index (χ1n) is 10.4. The molecule has 1 heterocycles. The minimum atomic E-state index is -0.0340. The molecule has 4 rings (SSSR count). The fourth-order valence-electron chi connectivity index (χ4n) is 3.56. The van der Waals surface area contributed by atoms with Gasteiger partial charge in [0.1, 0.15) is 6.61 Å². The molecule has 0 spiro atoms. The lowest BCUT2D eigenvalue weighted by Gasteiger charge is -2.13. The Labute approximate surface area is 205 Å². The van der Waals surface area contributed by atoms with Crippen molar-refractivity contribution in [1.29, 1.82) is 0 Å². The molecule has 164 valence electrons. The average molecular weight is 530 g/mol. The molecule has 1 aliphatic rings. The van der Waals surface area contributed by atoms with E-state index in [2.05, 4.69) is 45.2 Å². The minimum Gasteiger partial charge on any atom is -0.486 e. The molecule has 0 aliphatic carbocycles. The van der Waals surface area contributed by atoms with Gasteiger partial charge in [0.05, 0.1) is 14.4 Å². The van der Waals surface area contributed by atoms with E-state index in [1.54, 1.807) is 4.90 Å². The molecule has 0 saturated carbocycles. The van der Waals surface area contributed by atoms with Crippen molar-refractivity contribution in [2.45, 2.75) is 20.5 Å². The van der Waals surface area contributed by atoms with E-state index in [-0.39, 0.29) is 5.91 Å². The second-order valence-electron chi connectivity index (χ2n) is 7.16. The summed E-state index contributed by atoms with van der Waals surface area (Å²) in [5.74, 6) is 0.545. The summed E-state index contributed by atoms with van der Waals surface area (Å²) in [5.41, 5.74) is 1.91. The van der Waals surface area contributed by atoms with Gasteiger partial charge in [-0.3, -0.25) is 14.7 Å². The molecule has 0 radical (unpaired) electrons. The number of hydrogen-bond donors (Lipinski definition) is 0. The van der Waals surface area contributed by atoms with Crippen molar-refractivity contribution < 1.29 is 9.53 Å². The number of likely N-dealkylation sites (N-methyl/N-ethyl adjacent to an activating group) is 1. The lowest BCUT2D eigenvalue weighted by atomic mass is 10.1. The van der Waals surface area contributed by atoms with Gasteiger partial charge in [-0.25, -0.2) is 0 Å². The van der Waals surface area contributed by atoms with Crippen LogP contribution < -0.4 is 4.74 Å². The summed E-state index contributed by atoms with van der Waals surface area (Å²) in [5, 5.41) is 3.56. The van der Waals surface area contributed by atoms with Crippen LogP contribution in [0.15, 0.2) is 69.0 Å². The number of nitrogens with zero attached hydrogens (tertiary/aromatic N) is 2. The van der Waals surface area contributed by atoms with E-state index in [1.807, 2.05) is 50.3 Å². The molecule has 3 aromatic rings. The lowest BCUT2D eigenvalue weighted by molar-refractivity contribution is -0.122. The number of fused-ring (bicyclic) bond motifs is 1. The molecule has 1 aliphatic heterocycles. The number of hydrogen-bond acceptors (Lipinski definition) is 4. The summed E-state index contributed by atoms with van der Waals surface area (Å²) in [6.45, 7) is 5.53. The van der Waals surface area contributed by atoms with E-state index in [1.165, 1.54) is 17.1 Å². The predicted molar refractivity (Wildman–Crippen MR) is 138 cm³/mol. The van der Waals surface area contributed by atoms with Gasteiger partial charge < -0.3 is 4.74 Å². The van der Waals surface area contributed by atoms with Crippen molar-refractivity contribution >= 4 is 67.2 Å². The van der Waals surface area contributed by atoms with Gasteiger partial charge in [0.25, 0.3) is 5.91 Å². The number of ether oxygens (including phenoxy) is 1. The molecule has 3 aromatic carbocycles. The fraction of sp³-hybridized carbons (Fsp3) is 0.200. The molecule has 0 bridgehead atoms. The Bertz CT molecular complexity index is 1210. The molecule has 0 N–H and O–H groups in total. The molecule has 0 aromatic heterocycles. The maximum absolute atomic E-state index is 12.7. The van der Waals surface area contributed by atoms with Gasteiger partial charge in [-0.05, 0) is 81.6 Å². The number of carbonyl (C=O) groups excluding carboxylic acids is 1. The first-order valence-corrected chi connectivity index (χ1v) is 12.3. The number of rotatable bonds is 6. The predicted octanol–water partition coefficient (Wildman–Crippen LogP) is 7.15. The molecule has 1 amide bonds. The van der Waals surface area contributed by atoms with E-state index in [9.17, 15) is 4.79 Å². The molecule has 1 saturated heterocycles. The molecule has 1 fully saturated rings. The highest BCUT2D eigenvalue weighted by Gasteiger charge is 2.31. The molecule has 0 unspecified atom stereocenters. The third-order valence-electron chi connectivity index (χ3n) is 5.07. The van der Waals surface area contributed by atoms with Gasteiger partial charge in [0, 0.05) is 13.1 Å². The standard InChI is InChI=1S/C25H22BrClN2O2S/c1-3-28-25-29(4-2)24(30)22(32-25)14-16-12-20(26)23(21(27)13-16)31-15-18-10-7-9-17-8-5-6-11-19(17)18/h5-14H,3-4,15H2,1-2H3/b22-14-,28-25?. The smallest absolute Gasteiger partial charge is 0.266 e. The Balaban J connectivity index is 1.57. The van der Waals surface area contributed by atoms with Crippen LogP contribution in [0.4, 0.5) is 0 Å². The first-order chi connectivity index (χ1) is 15.5. The SMILES string of the molecule is CCN=C1S/C(=C\c2cc(Cl)c(OCc3cccc4ccccc34)c(Br)c2)C(=O)N1CC. The summed E-state index contributed by atoms with van der Waals surface area (Å²) >= 11 is 11.5. The highest BCUT2D eigenvalue weighted by molar-refractivity contribution is 9.10. The van der Waals surface area contributed by atoms with Crippen LogP contribution >= 0.6 is 39.3 Å². The number of amidine groups is 1. The van der Waals surface area contributed by atoms with Gasteiger partial charge >= 0.3 is 0 Å². The Hall–Kier alpha value is -2.28. The lowest BCUT2D eigenvalue weighted by Crippen LogP contribution is -2.28. The van der Waals surface area contributed by atoms with Crippen molar-refractivity contribution in [2.24, 2.45) is 4.99 Å². The van der Waals surface area contributed by atoms with E-state index in [0.717, 1.165) is 26.2 Å². The molecule has 32 heavy (non-hydrogen) atoms. The van der Waals surface area contributed by atoms with E-state index < -0.39 is 0 Å². The van der Waals surface area contributed by atoms with Crippen LogP contribution in [0, 0.1) is 0 Å². The van der Waals surface area contributed by atoms with Crippen LogP contribution in [-0.2, 0) is 11.4 Å². The Morgan fingerprint density at radius 3 is 2.69 bits per heavy atom. The molecule has 4 nitrogen and oxygen atoms in total. The van der Waals surface area contributed by atoms with Gasteiger partial charge in [-0.15, -0.1) is 0 Å². The van der Waals surface area contributed by atoms with Crippen LogP contribution in [0.2, 0.25) is 5.02 Å². The Morgan fingerprint density at radius 1 is 1.16 bits per heavy atom. The maximum Gasteiger partial charge on any atom is 0.266 e. The summed E-state index contributed by atoms with van der Waals surface area (Å²) in [4.78, 5) is 19.5. The highest BCUT2D eigenvalue weighted by atomic mass is 79.9. The zero-order valence-corrected chi connectivity index (χ0v) is 20.9. The van der Waals surface area contributed by atoms with Crippen molar-refractivity contribution in [3.8, 4) is 5.75 Å². The van der Waals surface area contributed by atoms with Crippen LogP contribution in [-0.4, -0.2) is 29.1 Å². The monoisotopic (exact) mass is 528 g/mol. The molecular weight excluding hydrogens is 508 g/mol. The van der Waals surface area contributed by atoms with E-state index >= 15 is 0 Å². The number of carbonyl (C=O) groups is 1. The normalized spacial score (nSPS) is 16.5. The largest absolute Gasteiger partial charge is 0.486 e. The van der Waals surface area contributed by atoms with E-state index in [0.29, 0.717) is 35.4 Å². The second-order valence-corrected chi connectivity index (χ2v) is 9.43. The maximum atomic E-state index is 12.7. The second kappa shape index (κ2) is 10.1. The average Bonchev–Trinajstić information content (AvgIpc) is 3.07. The van der Waals surface area contributed by atoms with Crippen molar-refractivity contribution in [3.63, 3.8) is 0 Å². The number of thioether (sulfide) groups is 1. The van der Waals surface area contributed by atoms with Crippen LogP contribution in [0.25, 0.3) is 16.8 Å². The highest BCUT2D eigenvalue weighted by Crippen LogP contribution is 2.38. The van der Waals surface area contributed by atoms with Gasteiger partial charge in [-0.1, -0.05) is 54.1 Å². The number of halogens is 2. The topological polar surface area (TPSA) is 41.9 Å². The Kier molecular flexibility index (Phi) is 7.23. The summed E-state index contributed by atoms with van der Waals surface area (Å²) in [6, 6.07) is 18.1. The third-order valence-corrected chi connectivity index (χ3v) is 6.98. The number of benzene rings is 3. The number of aliphatic imine (C=N–C) groups is 1. The first kappa shape index (κ1) is 22.9. The van der Waals surface area contributed by atoms with Gasteiger partial charge in [-0.2, -0.15) is 0 Å². The Morgan fingerprint density at radius 2 is 1.94 bits per heavy atom. The molecule has 0 atom stereocenters. The minimum absolute atomic E-state index is 0.0340. The van der Waals surface area contributed by atoms with Crippen molar-refractivity contribution in [2.75, 3.05) is 13.1 Å². The fourth-order valence-corrected chi connectivity index (χ4v) is 5.65. The quantitative estimate of drug-likeness (QED) is 0.319.